The highest BCUT2D eigenvalue weighted by atomic mass is 127. The van der Waals surface area contributed by atoms with Crippen LogP contribution in [-0.4, -0.2) is 12.6 Å². The fourth-order valence-electron chi connectivity index (χ4n) is 1.48. The number of nitrogens with zero attached hydrogens (tertiary/aromatic N) is 1. The molecule has 0 aliphatic carbocycles. The van der Waals surface area contributed by atoms with Crippen LogP contribution in [0.4, 0.5) is 0 Å². The molecule has 0 fully saturated rings. The zero-order valence-corrected chi connectivity index (χ0v) is 11.8. The number of rotatable bonds is 5. The summed E-state index contributed by atoms with van der Waals surface area (Å²) in [7, 11) is 0. The molecule has 0 bridgehead atoms. The summed E-state index contributed by atoms with van der Waals surface area (Å²) in [5, 5.41) is 8.92. The predicted octanol–water partition coefficient (Wildman–Crippen LogP) is 2.93. The lowest BCUT2D eigenvalue weighted by molar-refractivity contribution is -0.146. The number of carbonyl (C=O) groups excluding carboxylic acids is 1. The number of nitriles is 1. The van der Waals surface area contributed by atoms with Gasteiger partial charge < -0.3 is 4.74 Å². The monoisotopic (exact) mass is 343 g/mol. The topological polar surface area (TPSA) is 50.1 Å². The van der Waals surface area contributed by atoms with Crippen LogP contribution in [0.5, 0.6) is 0 Å². The lowest BCUT2D eigenvalue weighted by atomic mass is 10.0. The van der Waals surface area contributed by atoms with Gasteiger partial charge in [0.2, 0.25) is 0 Å². The zero-order valence-electron chi connectivity index (χ0n) is 9.65. The van der Waals surface area contributed by atoms with Gasteiger partial charge in [-0.1, -0.05) is 18.2 Å². The fraction of sp³-hybridized carbons (Fsp3) is 0.385. The van der Waals surface area contributed by atoms with E-state index in [1.807, 2.05) is 30.3 Å². The summed E-state index contributed by atoms with van der Waals surface area (Å²) >= 11 is 2.25. The Morgan fingerprint density at radius 3 is 2.82 bits per heavy atom. The van der Waals surface area contributed by atoms with Gasteiger partial charge in [0, 0.05) is 3.57 Å². The average Bonchev–Trinajstić information content (AvgIpc) is 2.32. The zero-order chi connectivity index (χ0) is 12.7. The summed E-state index contributed by atoms with van der Waals surface area (Å²) in [4.78, 5) is 11.4. The number of hydrogen-bond acceptors (Lipinski definition) is 3. The Hall–Kier alpha value is -1.09. The van der Waals surface area contributed by atoms with Crippen LogP contribution < -0.4 is 0 Å². The Morgan fingerprint density at radius 1 is 1.53 bits per heavy atom. The van der Waals surface area contributed by atoms with E-state index in [0.29, 0.717) is 13.0 Å². The van der Waals surface area contributed by atoms with Gasteiger partial charge in [-0.05, 0) is 54.0 Å². The van der Waals surface area contributed by atoms with Crippen LogP contribution in [0, 0.1) is 20.8 Å². The van der Waals surface area contributed by atoms with Gasteiger partial charge in [0.25, 0.3) is 0 Å². The van der Waals surface area contributed by atoms with Gasteiger partial charge in [0.05, 0.1) is 12.7 Å². The Morgan fingerprint density at radius 2 is 2.24 bits per heavy atom. The van der Waals surface area contributed by atoms with Crippen molar-refractivity contribution in [1.82, 2.24) is 0 Å². The van der Waals surface area contributed by atoms with E-state index in [9.17, 15) is 4.79 Å². The van der Waals surface area contributed by atoms with Crippen molar-refractivity contribution < 1.29 is 9.53 Å². The van der Waals surface area contributed by atoms with Crippen LogP contribution in [0.25, 0.3) is 0 Å². The summed E-state index contributed by atoms with van der Waals surface area (Å²) < 4.78 is 6.01. The fourth-order valence-corrected chi connectivity index (χ4v) is 2.14. The minimum absolute atomic E-state index is 0.319. The van der Waals surface area contributed by atoms with Crippen molar-refractivity contribution in [1.29, 1.82) is 5.26 Å². The highest BCUT2D eigenvalue weighted by Crippen LogP contribution is 2.16. The molecule has 0 N–H and O–H groups in total. The molecule has 1 atom stereocenters. The molecule has 0 saturated heterocycles. The molecule has 0 aliphatic heterocycles. The van der Waals surface area contributed by atoms with E-state index in [0.717, 1.165) is 15.6 Å². The van der Waals surface area contributed by atoms with E-state index in [1.165, 1.54) is 0 Å². The van der Waals surface area contributed by atoms with Crippen molar-refractivity contribution in [2.75, 3.05) is 6.61 Å². The molecular weight excluding hydrogens is 329 g/mol. The number of halogens is 1. The van der Waals surface area contributed by atoms with Crippen LogP contribution in [0.15, 0.2) is 24.3 Å². The van der Waals surface area contributed by atoms with Crippen LogP contribution >= 0.6 is 22.6 Å². The summed E-state index contributed by atoms with van der Waals surface area (Å²) in [6, 6.07) is 9.96. The third-order valence-corrected chi connectivity index (χ3v) is 3.44. The molecule has 17 heavy (non-hydrogen) atoms. The molecule has 0 spiro atoms. The minimum Gasteiger partial charge on any atom is -0.465 e. The van der Waals surface area contributed by atoms with Crippen molar-refractivity contribution >= 4 is 28.6 Å². The quantitative estimate of drug-likeness (QED) is 0.610. The van der Waals surface area contributed by atoms with Crippen molar-refractivity contribution in [3.63, 3.8) is 0 Å². The standard InChI is InChI=1S/C13H14INO2/c1-2-17-13(16)11(9-15)8-7-10-5-3-4-6-12(10)14/h3-6,11H,2,7-8H2,1H3. The van der Waals surface area contributed by atoms with Gasteiger partial charge in [-0.15, -0.1) is 0 Å². The number of benzene rings is 1. The first kappa shape index (κ1) is 14.0. The van der Waals surface area contributed by atoms with Crippen LogP contribution in [0.1, 0.15) is 18.9 Å². The van der Waals surface area contributed by atoms with E-state index in [1.54, 1.807) is 6.92 Å². The first-order valence-corrected chi connectivity index (χ1v) is 6.56. The molecule has 1 unspecified atom stereocenters. The third-order valence-electron chi connectivity index (χ3n) is 2.39. The van der Waals surface area contributed by atoms with Gasteiger partial charge >= 0.3 is 5.97 Å². The van der Waals surface area contributed by atoms with Gasteiger partial charge in [0.15, 0.2) is 0 Å². The molecule has 0 radical (unpaired) electrons. The van der Waals surface area contributed by atoms with Gasteiger partial charge in [-0.3, -0.25) is 4.79 Å². The van der Waals surface area contributed by atoms with Crippen molar-refractivity contribution in [3.05, 3.63) is 33.4 Å². The second kappa shape index (κ2) is 7.28. The maximum atomic E-state index is 11.4. The molecular formula is C13H14INO2. The normalized spacial score (nSPS) is 11.6. The average molecular weight is 343 g/mol. The highest BCUT2D eigenvalue weighted by Gasteiger charge is 2.19. The maximum absolute atomic E-state index is 11.4. The van der Waals surface area contributed by atoms with Crippen LogP contribution in [0.2, 0.25) is 0 Å². The molecule has 3 nitrogen and oxygen atoms in total. The van der Waals surface area contributed by atoms with Crippen molar-refractivity contribution in [3.8, 4) is 6.07 Å². The molecule has 0 aromatic heterocycles. The molecule has 1 aromatic rings. The second-order valence-electron chi connectivity index (χ2n) is 3.56. The van der Waals surface area contributed by atoms with E-state index >= 15 is 0 Å². The van der Waals surface area contributed by atoms with Gasteiger partial charge in [-0.25, -0.2) is 0 Å². The molecule has 0 saturated carbocycles. The largest absolute Gasteiger partial charge is 0.465 e. The van der Waals surface area contributed by atoms with E-state index in [-0.39, 0.29) is 0 Å². The summed E-state index contributed by atoms with van der Waals surface area (Å²) in [6.07, 6.45) is 1.23. The van der Waals surface area contributed by atoms with Gasteiger partial charge in [-0.2, -0.15) is 5.26 Å². The minimum atomic E-state index is -0.661. The first-order chi connectivity index (χ1) is 8.19. The summed E-state index contributed by atoms with van der Waals surface area (Å²) in [6.45, 7) is 2.06. The molecule has 0 aliphatic rings. The number of carbonyl (C=O) groups is 1. The molecule has 90 valence electrons. The number of esters is 1. The summed E-state index contributed by atoms with van der Waals surface area (Å²) in [5.41, 5.74) is 1.16. The van der Waals surface area contributed by atoms with Crippen LogP contribution in [0.3, 0.4) is 0 Å². The molecule has 0 heterocycles. The molecule has 4 heteroatoms. The van der Waals surface area contributed by atoms with E-state index in [2.05, 4.69) is 22.6 Å². The maximum Gasteiger partial charge on any atom is 0.323 e. The number of hydrogen-bond donors (Lipinski definition) is 0. The number of aryl methyl sites for hydroxylation is 1. The van der Waals surface area contributed by atoms with E-state index < -0.39 is 11.9 Å². The molecule has 0 amide bonds. The highest BCUT2D eigenvalue weighted by molar-refractivity contribution is 14.1. The van der Waals surface area contributed by atoms with Crippen molar-refractivity contribution in [2.45, 2.75) is 19.8 Å². The lowest BCUT2D eigenvalue weighted by Crippen LogP contribution is -2.17. The Labute approximate surface area is 115 Å². The van der Waals surface area contributed by atoms with E-state index in [4.69, 9.17) is 10.00 Å². The number of ether oxygens (including phenoxy) is 1. The Bertz CT molecular complexity index is 426. The Kier molecular flexibility index (Phi) is 5.98. The van der Waals surface area contributed by atoms with Crippen molar-refractivity contribution in [2.24, 2.45) is 5.92 Å². The first-order valence-electron chi connectivity index (χ1n) is 5.48. The second-order valence-corrected chi connectivity index (χ2v) is 4.73. The lowest BCUT2D eigenvalue weighted by Gasteiger charge is -2.09. The smallest absolute Gasteiger partial charge is 0.323 e. The summed E-state index contributed by atoms with van der Waals surface area (Å²) in [5.74, 6) is -1.08. The van der Waals surface area contributed by atoms with Gasteiger partial charge in [0.1, 0.15) is 5.92 Å². The molecule has 1 aromatic carbocycles. The molecule has 1 rings (SSSR count). The predicted molar refractivity (Wildman–Crippen MR) is 73.2 cm³/mol. The third kappa shape index (κ3) is 4.35. The van der Waals surface area contributed by atoms with Crippen LogP contribution in [-0.2, 0) is 16.0 Å². The Balaban J connectivity index is 2.57. The SMILES string of the molecule is CCOC(=O)C(C#N)CCc1ccccc1I.